The maximum atomic E-state index is 12.3. The zero-order chi connectivity index (χ0) is 20.5. The molecule has 0 bridgehead atoms. The molecule has 0 unspecified atom stereocenters. The fraction of sp³-hybridized carbons (Fsp3) is 0.200. The molecule has 4 amide bonds. The zero-order valence-electron chi connectivity index (χ0n) is 15.2. The van der Waals surface area contributed by atoms with Crippen LogP contribution in [0, 0.1) is 0 Å². The van der Waals surface area contributed by atoms with E-state index < -0.39 is 0 Å². The van der Waals surface area contributed by atoms with E-state index >= 15 is 0 Å². The summed E-state index contributed by atoms with van der Waals surface area (Å²) in [6.45, 7) is 0.0368. The van der Waals surface area contributed by atoms with Gasteiger partial charge in [0.05, 0.1) is 27.5 Å². The van der Waals surface area contributed by atoms with Gasteiger partial charge in [0.1, 0.15) is 5.75 Å². The molecule has 0 saturated carbocycles. The predicted octanol–water partition coefficient (Wildman–Crippen LogP) is 2.69. The van der Waals surface area contributed by atoms with Gasteiger partial charge in [-0.05, 0) is 24.6 Å². The zero-order valence-corrected chi connectivity index (χ0v) is 15.9. The Kier molecular flexibility index (Phi) is 4.94. The molecule has 29 heavy (non-hydrogen) atoms. The van der Waals surface area contributed by atoms with E-state index in [0.717, 1.165) is 4.90 Å². The van der Waals surface area contributed by atoms with Gasteiger partial charge < -0.3 is 15.4 Å². The van der Waals surface area contributed by atoms with Gasteiger partial charge in [0.2, 0.25) is 5.91 Å². The molecule has 8 nitrogen and oxygen atoms in total. The normalized spacial score (nSPS) is 14.8. The molecule has 0 saturated heterocycles. The second kappa shape index (κ2) is 7.56. The van der Waals surface area contributed by atoms with Gasteiger partial charge in [0, 0.05) is 19.0 Å². The molecule has 0 aromatic heterocycles. The molecule has 148 valence electrons. The van der Waals surface area contributed by atoms with Crippen molar-refractivity contribution in [2.75, 3.05) is 23.8 Å². The Morgan fingerprint density at radius 3 is 2.52 bits per heavy atom. The lowest BCUT2D eigenvalue weighted by Crippen LogP contribution is -2.31. The van der Waals surface area contributed by atoms with Gasteiger partial charge in [0.25, 0.3) is 17.7 Å². The van der Waals surface area contributed by atoms with Crippen LogP contribution in [-0.2, 0) is 9.59 Å². The molecule has 2 heterocycles. The highest BCUT2D eigenvalue weighted by atomic mass is 35.5. The number of fused-ring (bicyclic) bond motifs is 2. The summed E-state index contributed by atoms with van der Waals surface area (Å²) in [6.07, 6.45) is 0.408. The molecule has 0 radical (unpaired) electrons. The third-order valence-electron chi connectivity index (χ3n) is 4.64. The molecular formula is C20H16ClN3O5. The molecule has 0 fully saturated rings. The van der Waals surface area contributed by atoms with Gasteiger partial charge in [-0.25, -0.2) is 0 Å². The Bertz CT molecular complexity index is 1020. The Morgan fingerprint density at radius 2 is 1.83 bits per heavy atom. The van der Waals surface area contributed by atoms with Crippen LogP contribution in [0.5, 0.6) is 5.75 Å². The highest BCUT2D eigenvalue weighted by Gasteiger charge is 2.34. The van der Waals surface area contributed by atoms with Crippen LogP contribution < -0.4 is 15.4 Å². The van der Waals surface area contributed by atoms with E-state index in [1.807, 2.05) is 0 Å². The smallest absolute Gasteiger partial charge is 0.262 e. The first-order valence-corrected chi connectivity index (χ1v) is 9.33. The van der Waals surface area contributed by atoms with Crippen LogP contribution in [0.3, 0.4) is 0 Å². The lowest BCUT2D eigenvalue weighted by Gasteiger charge is -2.19. The summed E-state index contributed by atoms with van der Waals surface area (Å²) in [5, 5.41) is 5.57. The van der Waals surface area contributed by atoms with Gasteiger partial charge in [-0.3, -0.25) is 24.1 Å². The van der Waals surface area contributed by atoms with E-state index in [9.17, 15) is 19.2 Å². The standard InChI is InChI=1S/C20H16ClN3O5/c21-13-8-15-16(29-10-18(26)23-15)9-14(13)22-17(25)6-3-7-24-19(27)11-4-1-2-5-12(11)20(24)28/h1-2,4-5,8-9H,3,6-7,10H2,(H,22,25)(H,23,26). The summed E-state index contributed by atoms with van der Waals surface area (Å²) in [5.41, 5.74) is 1.56. The minimum absolute atomic E-state index is 0.0956. The topological polar surface area (TPSA) is 105 Å². The molecule has 2 aromatic rings. The lowest BCUT2D eigenvalue weighted by atomic mass is 10.1. The van der Waals surface area contributed by atoms with Crippen LogP contribution in [0.2, 0.25) is 5.02 Å². The van der Waals surface area contributed by atoms with Crippen molar-refractivity contribution in [2.24, 2.45) is 0 Å². The maximum Gasteiger partial charge on any atom is 0.262 e. The average molecular weight is 414 g/mol. The summed E-state index contributed by atoms with van der Waals surface area (Å²) in [6, 6.07) is 9.69. The van der Waals surface area contributed by atoms with Crippen molar-refractivity contribution in [1.29, 1.82) is 0 Å². The minimum Gasteiger partial charge on any atom is -0.482 e. The van der Waals surface area contributed by atoms with Crippen LogP contribution in [0.1, 0.15) is 33.6 Å². The fourth-order valence-electron chi connectivity index (χ4n) is 3.25. The summed E-state index contributed by atoms with van der Waals surface area (Å²) in [4.78, 5) is 49.4. The van der Waals surface area contributed by atoms with Crippen molar-refractivity contribution in [3.05, 3.63) is 52.5 Å². The van der Waals surface area contributed by atoms with E-state index in [-0.39, 0.29) is 48.2 Å². The number of anilines is 2. The molecule has 2 aromatic carbocycles. The van der Waals surface area contributed by atoms with Gasteiger partial charge in [-0.1, -0.05) is 23.7 Å². The maximum absolute atomic E-state index is 12.3. The van der Waals surface area contributed by atoms with Gasteiger partial charge in [-0.15, -0.1) is 0 Å². The fourth-order valence-corrected chi connectivity index (χ4v) is 3.46. The predicted molar refractivity (Wildman–Crippen MR) is 105 cm³/mol. The number of halogens is 1. The summed E-state index contributed by atoms with van der Waals surface area (Å²) in [7, 11) is 0. The molecule has 2 N–H and O–H groups in total. The second-order valence-corrected chi connectivity index (χ2v) is 7.03. The third-order valence-corrected chi connectivity index (χ3v) is 4.95. The van der Waals surface area contributed by atoms with Gasteiger partial charge >= 0.3 is 0 Å². The Hall–Kier alpha value is -3.39. The van der Waals surface area contributed by atoms with Crippen molar-refractivity contribution < 1.29 is 23.9 Å². The number of amides is 4. The highest BCUT2D eigenvalue weighted by Crippen LogP contribution is 2.36. The average Bonchev–Trinajstić information content (AvgIpc) is 2.94. The number of nitrogens with zero attached hydrogens (tertiary/aromatic N) is 1. The van der Waals surface area contributed by atoms with Crippen LogP contribution in [0.15, 0.2) is 36.4 Å². The molecular weight excluding hydrogens is 398 g/mol. The number of ether oxygens (including phenoxy) is 1. The quantitative estimate of drug-likeness (QED) is 0.733. The number of nitrogens with one attached hydrogen (secondary N) is 2. The highest BCUT2D eigenvalue weighted by molar-refractivity contribution is 6.34. The molecule has 2 aliphatic rings. The van der Waals surface area contributed by atoms with Crippen LogP contribution in [-0.4, -0.2) is 41.7 Å². The van der Waals surface area contributed by atoms with E-state index in [4.69, 9.17) is 16.3 Å². The van der Waals surface area contributed by atoms with Crippen molar-refractivity contribution in [3.63, 3.8) is 0 Å². The third kappa shape index (κ3) is 3.66. The molecule has 4 rings (SSSR count). The first-order chi connectivity index (χ1) is 13.9. The minimum atomic E-state index is -0.345. The number of hydrogen-bond donors (Lipinski definition) is 2. The van der Waals surface area contributed by atoms with Gasteiger partial charge in [-0.2, -0.15) is 0 Å². The van der Waals surface area contributed by atoms with E-state index in [0.29, 0.717) is 34.7 Å². The second-order valence-electron chi connectivity index (χ2n) is 6.62. The van der Waals surface area contributed by atoms with E-state index in [1.165, 1.54) is 6.07 Å². The van der Waals surface area contributed by atoms with Crippen molar-refractivity contribution in [3.8, 4) is 5.75 Å². The Morgan fingerprint density at radius 1 is 1.14 bits per heavy atom. The Labute approximate surface area is 170 Å². The summed E-state index contributed by atoms with van der Waals surface area (Å²) < 4.78 is 5.31. The van der Waals surface area contributed by atoms with Crippen molar-refractivity contribution >= 4 is 46.6 Å². The lowest BCUT2D eigenvalue weighted by molar-refractivity contribution is -0.118. The molecule has 9 heteroatoms. The number of carbonyl (C=O) groups is 4. The van der Waals surface area contributed by atoms with Gasteiger partial charge in [0.15, 0.2) is 6.61 Å². The van der Waals surface area contributed by atoms with Crippen molar-refractivity contribution in [1.82, 2.24) is 4.90 Å². The Balaban J connectivity index is 1.34. The number of hydrogen-bond acceptors (Lipinski definition) is 5. The van der Waals surface area contributed by atoms with Crippen molar-refractivity contribution in [2.45, 2.75) is 12.8 Å². The molecule has 0 aliphatic carbocycles. The van der Waals surface area contributed by atoms with Crippen LogP contribution in [0.25, 0.3) is 0 Å². The van der Waals surface area contributed by atoms with Crippen LogP contribution >= 0.6 is 11.6 Å². The van der Waals surface area contributed by atoms with E-state index in [1.54, 1.807) is 30.3 Å². The number of benzene rings is 2. The largest absolute Gasteiger partial charge is 0.482 e. The number of carbonyl (C=O) groups excluding carboxylic acids is 4. The first kappa shape index (κ1) is 18.9. The SMILES string of the molecule is O=C(CCCN1C(=O)c2ccccc2C1=O)Nc1cc2c(cc1Cl)NC(=O)CO2. The molecule has 0 atom stereocenters. The van der Waals surface area contributed by atoms with Crippen LogP contribution in [0.4, 0.5) is 11.4 Å². The summed E-state index contributed by atoms with van der Waals surface area (Å²) in [5.74, 6) is -0.872. The summed E-state index contributed by atoms with van der Waals surface area (Å²) >= 11 is 6.16. The number of rotatable bonds is 5. The monoisotopic (exact) mass is 413 g/mol. The van der Waals surface area contributed by atoms with E-state index in [2.05, 4.69) is 10.6 Å². The number of imide groups is 1. The molecule has 0 spiro atoms. The molecule has 2 aliphatic heterocycles. The first-order valence-electron chi connectivity index (χ1n) is 8.95.